The number of hydrogen-bond donors (Lipinski definition) is 2. The fourth-order valence-electron chi connectivity index (χ4n) is 1.03. The number of hydrogen-bond acceptors (Lipinski definition) is 3. The minimum absolute atomic E-state index is 0.0401. The van der Waals surface area contributed by atoms with Crippen LogP contribution in [0.4, 0.5) is 5.69 Å². The maximum atomic E-state index is 11.4. The minimum atomic E-state index is -0.481. The van der Waals surface area contributed by atoms with Crippen LogP contribution < -0.4 is 5.32 Å². The second kappa shape index (κ2) is 4.82. The third-order valence-corrected chi connectivity index (χ3v) is 1.76. The largest absolute Gasteiger partial charge is 0.508 e. The SMILES string of the molecule is CC=C(C#N)C(=O)Nc1cccc(O)c1. The number of rotatable bonds is 2. The molecule has 1 aromatic rings. The second-order valence-corrected chi connectivity index (χ2v) is 2.82. The summed E-state index contributed by atoms with van der Waals surface area (Å²) in [4.78, 5) is 11.4. The van der Waals surface area contributed by atoms with E-state index in [1.54, 1.807) is 25.1 Å². The quantitative estimate of drug-likeness (QED) is 0.567. The van der Waals surface area contributed by atoms with Crippen LogP contribution in [0.2, 0.25) is 0 Å². The first-order chi connectivity index (χ1) is 7.17. The number of nitriles is 1. The topological polar surface area (TPSA) is 73.1 Å². The first-order valence-electron chi connectivity index (χ1n) is 4.34. The molecular formula is C11H10N2O2. The number of carbonyl (C=O) groups excluding carboxylic acids is 1. The van der Waals surface area contributed by atoms with Crippen molar-refractivity contribution in [1.82, 2.24) is 0 Å². The maximum Gasteiger partial charge on any atom is 0.265 e. The molecule has 0 saturated heterocycles. The van der Waals surface area contributed by atoms with Crippen molar-refractivity contribution < 1.29 is 9.90 Å². The van der Waals surface area contributed by atoms with Gasteiger partial charge in [0.1, 0.15) is 17.4 Å². The number of phenols is 1. The van der Waals surface area contributed by atoms with Crippen LogP contribution in [0, 0.1) is 11.3 Å². The van der Waals surface area contributed by atoms with E-state index in [1.165, 1.54) is 18.2 Å². The first-order valence-corrected chi connectivity index (χ1v) is 4.34. The van der Waals surface area contributed by atoms with Gasteiger partial charge in [0, 0.05) is 11.8 Å². The lowest BCUT2D eigenvalue weighted by molar-refractivity contribution is -0.112. The molecule has 0 aliphatic carbocycles. The molecule has 2 N–H and O–H groups in total. The standard InChI is InChI=1S/C11H10N2O2/c1-2-8(7-12)11(15)13-9-4-3-5-10(14)6-9/h2-6,14H,1H3,(H,13,15). The van der Waals surface area contributed by atoms with Crippen LogP contribution in [-0.2, 0) is 4.79 Å². The molecule has 15 heavy (non-hydrogen) atoms. The van der Waals surface area contributed by atoms with E-state index in [4.69, 9.17) is 10.4 Å². The van der Waals surface area contributed by atoms with Gasteiger partial charge in [-0.2, -0.15) is 5.26 Å². The summed E-state index contributed by atoms with van der Waals surface area (Å²) >= 11 is 0. The van der Waals surface area contributed by atoms with Crippen molar-refractivity contribution in [1.29, 1.82) is 5.26 Å². The normalized spacial score (nSPS) is 10.5. The summed E-state index contributed by atoms with van der Waals surface area (Å²) in [6.45, 7) is 1.61. The Labute approximate surface area is 87.5 Å². The van der Waals surface area contributed by atoms with Crippen LogP contribution in [0.5, 0.6) is 5.75 Å². The summed E-state index contributed by atoms with van der Waals surface area (Å²) < 4.78 is 0. The highest BCUT2D eigenvalue weighted by Gasteiger charge is 2.07. The molecule has 1 amide bonds. The number of aromatic hydroxyl groups is 1. The molecule has 0 atom stereocenters. The molecule has 0 aliphatic rings. The lowest BCUT2D eigenvalue weighted by atomic mass is 10.2. The van der Waals surface area contributed by atoms with E-state index < -0.39 is 5.91 Å². The van der Waals surface area contributed by atoms with Crippen LogP contribution in [0.15, 0.2) is 35.9 Å². The third kappa shape index (κ3) is 2.85. The number of benzene rings is 1. The second-order valence-electron chi connectivity index (χ2n) is 2.82. The van der Waals surface area contributed by atoms with Gasteiger partial charge in [-0.1, -0.05) is 12.1 Å². The lowest BCUT2D eigenvalue weighted by Crippen LogP contribution is -2.13. The highest BCUT2D eigenvalue weighted by atomic mass is 16.3. The molecule has 0 spiro atoms. The molecule has 1 aromatic carbocycles. The average Bonchev–Trinajstić information content (AvgIpc) is 2.19. The van der Waals surface area contributed by atoms with Gasteiger partial charge < -0.3 is 10.4 Å². The molecule has 1 rings (SSSR count). The Hall–Kier alpha value is -2.28. The Morgan fingerprint density at radius 3 is 2.87 bits per heavy atom. The van der Waals surface area contributed by atoms with Crippen molar-refractivity contribution in [2.75, 3.05) is 5.32 Å². The van der Waals surface area contributed by atoms with Crippen molar-refractivity contribution in [3.8, 4) is 11.8 Å². The van der Waals surface area contributed by atoms with Crippen LogP contribution in [0.3, 0.4) is 0 Å². The van der Waals surface area contributed by atoms with Gasteiger partial charge in [0.2, 0.25) is 0 Å². The Balaban J connectivity index is 2.80. The monoisotopic (exact) mass is 202 g/mol. The Morgan fingerprint density at radius 2 is 2.33 bits per heavy atom. The van der Waals surface area contributed by atoms with Crippen LogP contribution in [-0.4, -0.2) is 11.0 Å². The lowest BCUT2D eigenvalue weighted by Gasteiger charge is -2.03. The van der Waals surface area contributed by atoms with Crippen molar-refractivity contribution in [2.45, 2.75) is 6.92 Å². The van der Waals surface area contributed by atoms with Crippen molar-refractivity contribution >= 4 is 11.6 Å². The maximum absolute atomic E-state index is 11.4. The molecule has 0 bridgehead atoms. The number of phenolic OH excluding ortho intramolecular Hbond substituents is 1. The van der Waals surface area contributed by atoms with Crippen molar-refractivity contribution in [2.24, 2.45) is 0 Å². The summed E-state index contributed by atoms with van der Waals surface area (Å²) in [5, 5.41) is 20.2. The van der Waals surface area contributed by atoms with E-state index in [0.29, 0.717) is 5.69 Å². The van der Waals surface area contributed by atoms with Gasteiger partial charge >= 0.3 is 0 Å². The highest BCUT2D eigenvalue weighted by Crippen LogP contribution is 2.15. The van der Waals surface area contributed by atoms with E-state index in [2.05, 4.69) is 5.32 Å². The average molecular weight is 202 g/mol. The fourth-order valence-corrected chi connectivity index (χ4v) is 1.03. The summed E-state index contributed by atoms with van der Waals surface area (Å²) in [7, 11) is 0. The van der Waals surface area contributed by atoms with Gasteiger partial charge in [0.15, 0.2) is 0 Å². The zero-order chi connectivity index (χ0) is 11.3. The molecule has 4 nitrogen and oxygen atoms in total. The molecule has 0 radical (unpaired) electrons. The summed E-state index contributed by atoms with van der Waals surface area (Å²) in [5.41, 5.74) is 0.493. The van der Waals surface area contributed by atoms with E-state index in [1.807, 2.05) is 0 Å². The van der Waals surface area contributed by atoms with E-state index in [9.17, 15) is 4.79 Å². The fraction of sp³-hybridized carbons (Fsp3) is 0.0909. The number of carbonyl (C=O) groups is 1. The Kier molecular flexibility index (Phi) is 3.47. The molecule has 0 heterocycles. The predicted octanol–water partition coefficient (Wildman–Crippen LogP) is 1.80. The highest BCUT2D eigenvalue weighted by molar-refractivity contribution is 6.06. The predicted molar refractivity (Wildman–Crippen MR) is 56.1 cm³/mol. The zero-order valence-corrected chi connectivity index (χ0v) is 8.19. The summed E-state index contributed by atoms with van der Waals surface area (Å²) in [6, 6.07) is 7.91. The minimum Gasteiger partial charge on any atom is -0.508 e. The van der Waals surface area contributed by atoms with Gasteiger partial charge in [-0.3, -0.25) is 4.79 Å². The van der Waals surface area contributed by atoms with Gasteiger partial charge in [-0.15, -0.1) is 0 Å². The molecule has 4 heteroatoms. The molecule has 0 aromatic heterocycles. The molecule has 0 aliphatic heterocycles. The smallest absolute Gasteiger partial charge is 0.265 e. The Bertz CT molecular complexity index is 444. The van der Waals surface area contributed by atoms with E-state index in [-0.39, 0.29) is 11.3 Å². The number of allylic oxidation sites excluding steroid dienone is 1. The summed E-state index contributed by atoms with van der Waals surface area (Å²) in [5.74, 6) is -0.419. The third-order valence-electron chi connectivity index (χ3n) is 1.76. The van der Waals surface area contributed by atoms with E-state index in [0.717, 1.165) is 0 Å². The van der Waals surface area contributed by atoms with Crippen molar-refractivity contribution in [3.05, 3.63) is 35.9 Å². The number of nitrogens with one attached hydrogen (secondary N) is 1. The number of anilines is 1. The molecule has 76 valence electrons. The van der Waals surface area contributed by atoms with Crippen molar-refractivity contribution in [3.63, 3.8) is 0 Å². The molecule has 0 unspecified atom stereocenters. The summed E-state index contributed by atoms with van der Waals surface area (Å²) in [6.07, 6.45) is 1.43. The molecule has 0 saturated carbocycles. The van der Waals surface area contributed by atoms with Crippen LogP contribution in [0.1, 0.15) is 6.92 Å². The van der Waals surface area contributed by atoms with Gasteiger partial charge in [0.25, 0.3) is 5.91 Å². The van der Waals surface area contributed by atoms with Gasteiger partial charge in [0.05, 0.1) is 0 Å². The van der Waals surface area contributed by atoms with Gasteiger partial charge in [-0.25, -0.2) is 0 Å². The zero-order valence-electron chi connectivity index (χ0n) is 8.19. The Morgan fingerprint density at radius 1 is 1.60 bits per heavy atom. The van der Waals surface area contributed by atoms with Crippen LogP contribution >= 0.6 is 0 Å². The van der Waals surface area contributed by atoms with Crippen LogP contribution in [0.25, 0.3) is 0 Å². The number of nitrogens with zero attached hydrogens (tertiary/aromatic N) is 1. The first kappa shape index (κ1) is 10.8. The van der Waals surface area contributed by atoms with Gasteiger partial charge in [-0.05, 0) is 19.1 Å². The number of amides is 1. The molecule has 0 fully saturated rings. The van der Waals surface area contributed by atoms with E-state index >= 15 is 0 Å². The molecular weight excluding hydrogens is 192 g/mol.